The molecule has 0 saturated heterocycles. The van der Waals surface area contributed by atoms with Crippen LogP contribution in [0.5, 0.6) is 5.75 Å². The van der Waals surface area contributed by atoms with Crippen LogP contribution in [0.4, 0.5) is 0 Å². The number of ether oxygens (including phenoxy) is 1. The van der Waals surface area contributed by atoms with Crippen molar-refractivity contribution < 1.29 is 9.53 Å². The Labute approximate surface area is 106 Å². The third-order valence-corrected chi connectivity index (χ3v) is 2.53. The van der Waals surface area contributed by atoms with Crippen LogP contribution in [0, 0.1) is 0 Å². The van der Waals surface area contributed by atoms with Gasteiger partial charge in [-0.1, -0.05) is 24.3 Å². The van der Waals surface area contributed by atoms with Gasteiger partial charge in [0, 0.05) is 18.3 Å². The lowest BCUT2D eigenvalue weighted by Gasteiger charge is -2.09. The highest BCUT2D eigenvalue weighted by atomic mass is 16.5. The summed E-state index contributed by atoms with van der Waals surface area (Å²) in [5.41, 5.74) is 1.34. The first-order chi connectivity index (χ1) is 8.81. The van der Waals surface area contributed by atoms with Crippen molar-refractivity contribution in [1.82, 2.24) is 10.3 Å². The van der Waals surface area contributed by atoms with Crippen molar-refractivity contribution in [3.63, 3.8) is 0 Å². The molecule has 0 bridgehead atoms. The molecule has 0 spiro atoms. The van der Waals surface area contributed by atoms with Crippen LogP contribution in [-0.2, 0) is 6.54 Å². The summed E-state index contributed by atoms with van der Waals surface area (Å²) in [6.45, 7) is 0.416. The minimum absolute atomic E-state index is 0.193. The summed E-state index contributed by atoms with van der Waals surface area (Å²) < 4.78 is 5.22. The van der Waals surface area contributed by atoms with Gasteiger partial charge < -0.3 is 10.1 Å². The fourth-order valence-electron chi connectivity index (χ4n) is 1.61. The van der Waals surface area contributed by atoms with Crippen molar-refractivity contribution in [2.75, 3.05) is 7.11 Å². The highest BCUT2D eigenvalue weighted by molar-refractivity contribution is 5.92. The van der Waals surface area contributed by atoms with Gasteiger partial charge in [-0.2, -0.15) is 0 Å². The Bertz CT molecular complexity index is 526. The van der Waals surface area contributed by atoms with E-state index in [0.29, 0.717) is 12.2 Å². The number of aromatic nitrogens is 1. The number of hydrogen-bond donors (Lipinski definition) is 1. The van der Waals surface area contributed by atoms with Gasteiger partial charge in [-0.25, -0.2) is 0 Å². The second-order valence-electron chi connectivity index (χ2n) is 3.71. The van der Waals surface area contributed by atoms with Gasteiger partial charge in [-0.15, -0.1) is 0 Å². The molecule has 2 aromatic rings. The predicted octanol–water partition coefficient (Wildman–Crippen LogP) is 2.02. The molecule has 1 N–H and O–H groups in total. The van der Waals surface area contributed by atoms with E-state index in [0.717, 1.165) is 11.3 Å². The fraction of sp³-hybridized carbons (Fsp3) is 0.143. The number of methoxy groups -OCH3 is 1. The molecule has 0 fully saturated rings. The Balaban J connectivity index is 2.02. The van der Waals surface area contributed by atoms with Crippen molar-refractivity contribution in [3.05, 3.63) is 59.9 Å². The molecular formula is C14H14N2O2. The molecule has 0 radical (unpaired) electrons. The number of nitrogens with one attached hydrogen (secondary N) is 1. The minimum Gasteiger partial charge on any atom is -0.496 e. The zero-order valence-electron chi connectivity index (χ0n) is 10.1. The maximum absolute atomic E-state index is 11.8. The summed E-state index contributed by atoms with van der Waals surface area (Å²) in [7, 11) is 1.61. The van der Waals surface area contributed by atoms with Crippen molar-refractivity contribution in [3.8, 4) is 5.75 Å². The SMILES string of the molecule is COc1ccccc1CNC(=O)c1ccccn1. The van der Waals surface area contributed by atoms with Crippen LogP contribution in [-0.4, -0.2) is 18.0 Å². The van der Waals surface area contributed by atoms with Crippen molar-refractivity contribution in [2.45, 2.75) is 6.54 Å². The van der Waals surface area contributed by atoms with Crippen LogP contribution in [0.1, 0.15) is 16.1 Å². The first-order valence-corrected chi connectivity index (χ1v) is 5.62. The average molecular weight is 242 g/mol. The second kappa shape index (κ2) is 5.82. The molecule has 1 aromatic heterocycles. The molecule has 2 rings (SSSR count). The van der Waals surface area contributed by atoms with Gasteiger partial charge in [0.05, 0.1) is 7.11 Å². The van der Waals surface area contributed by atoms with Gasteiger partial charge in [-0.3, -0.25) is 9.78 Å². The lowest BCUT2D eigenvalue weighted by molar-refractivity contribution is 0.0945. The Kier molecular flexibility index (Phi) is 3.91. The number of nitrogens with zero attached hydrogens (tertiary/aromatic N) is 1. The van der Waals surface area contributed by atoms with E-state index in [1.165, 1.54) is 0 Å². The maximum Gasteiger partial charge on any atom is 0.270 e. The van der Waals surface area contributed by atoms with Crippen molar-refractivity contribution in [1.29, 1.82) is 0 Å². The number of rotatable bonds is 4. The molecule has 92 valence electrons. The molecule has 4 heteroatoms. The normalized spacial score (nSPS) is 9.83. The molecule has 0 atom stereocenters. The Morgan fingerprint density at radius 3 is 2.72 bits per heavy atom. The highest BCUT2D eigenvalue weighted by Crippen LogP contribution is 2.16. The van der Waals surface area contributed by atoms with Crippen LogP contribution in [0.25, 0.3) is 0 Å². The molecule has 0 aliphatic carbocycles. The van der Waals surface area contributed by atoms with Gasteiger partial charge in [0.15, 0.2) is 0 Å². The summed E-state index contributed by atoms with van der Waals surface area (Å²) in [5, 5.41) is 2.81. The molecule has 0 unspecified atom stereocenters. The molecule has 0 aliphatic rings. The van der Waals surface area contributed by atoms with E-state index in [1.807, 2.05) is 24.3 Å². The minimum atomic E-state index is -0.193. The van der Waals surface area contributed by atoms with Crippen molar-refractivity contribution in [2.24, 2.45) is 0 Å². The molecule has 18 heavy (non-hydrogen) atoms. The highest BCUT2D eigenvalue weighted by Gasteiger charge is 2.07. The van der Waals surface area contributed by atoms with E-state index < -0.39 is 0 Å². The number of carbonyl (C=O) groups excluding carboxylic acids is 1. The summed E-state index contributed by atoms with van der Waals surface area (Å²) >= 11 is 0. The van der Waals surface area contributed by atoms with Gasteiger partial charge in [0.1, 0.15) is 11.4 Å². The quantitative estimate of drug-likeness (QED) is 0.892. The molecule has 4 nitrogen and oxygen atoms in total. The largest absolute Gasteiger partial charge is 0.496 e. The monoisotopic (exact) mass is 242 g/mol. The molecule has 1 amide bonds. The molecular weight excluding hydrogens is 228 g/mol. The van der Waals surface area contributed by atoms with Gasteiger partial charge in [-0.05, 0) is 18.2 Å². The van der Waals surface area contributed by atoms with Crippen LogP contribution in [0.15, 0.2) is 48.7 Å². The van der Waals surface area contributed by atoms with Crippen LogP contribution < -0.4 is 10.1 Å². The van der Waals surface area contributed by atoms with E-state index in [-0.39, 0.29) is 5.91 Å². The fourth-order valence-corrected chi connectivity index (χ4v) is 1.61. The van der Waals surface area contributed by atoms with Gasteiger partial charge >= 0.3 is 0 Å². The van der Waals surface area contributed by atoms with Crippen LogP contribution in [0.2, 0.25) is 0 Å². The first kappa shape index (κ1) is 12.1. The standard InChI is InChI=1S/C14H14N2O2/c1-18-13-8-3-2-6-11(13)10-16-14(17)12-7-4-5-9-15-12/h2-9H,10H2,1H3,(H,16,17). The number of carbonyl (C=O) groups is 1. The summed E-state index contributed by atoms with van der Waals surface area (Å²) in [4.78, 5) is 15.8. The number of amides is 1. The van der Waals surface area contributed by atoms with E-state index in [9.17, 15) is 4.79 Å². The van der Waals surface area contributed by atoms with E-state index in [1.54, 1.807) is 31.5 Å². The zero-order valence-corrected chi connectivity index (χ0v) is 10.1. The number of pyridine rings is 1. The third-order valence-electron chi connectivity index (χ3n) is 2.53. The maximum atomic E-state index is 11.8. The summed E-state index contributed by atoms with van der Waals surface area (Å²) in [6, 6.07) is 12.8. The summed E-state index contributed by atoms with van der Waals surface area (Å²) in [5.74, 6) is 0.570. The lowest BCUT2D eigenvalue weighted by Crippen LogP contribution is -2.23. The Morgan fingerprint density at radius 1 is 1.22 bits per heavy atom. The third kappa shape index (κ3) is 2.85. The van der Waals surface area contributed by atoms with Crippen LogP contribution >= 0.6 is 0 Å². The first-order valence-electron chi connectivity index (χ1n) is 5.62. The van der Waals surface area contributed by atoms with Crippen molar-refractivity contribution >= 4 is 5.91 Å². The topological polar surface area (TPSA) is 51.2 Å². The lowest BCUT2D eigenvalue weighted by atomic mass is 10.2. The molecule has 0 aliphatic heterocycles. The Morgan fingerprint density at radius 2 is 2.00 bits per heavy atom. The second-order valence-corrected chi connectivity index (χ2v) is 3.71. The number of hydrogen-bond acceptors (Lipinski definition) is 3. The number of benzene rings is 1. The molecule has 0 saturated carbocycles. The zero-order chi connectivity index (χ0) is 12.8. The van der Waals surface area contributed by atoms with E-state index in [4.69, 9.17) is 4.74 Å². The molecule has 1 aromatic carbocycles. The smallest absolute Gasteiger partial charge is 0.270 e. The Hall–Kier alpha value is -2.36. The number of para-hydroxylation sites is 1. The molecule has 1 heterocycles. The summed E-state index contributed by atoms with van der Waals surface area (Å²) in [6.07, 6.45) is 1.60. The van der Waals surface area contributed by atoms with Gasteiger partial charge in [0.25, 0.3) is 5.91 Å². The average Bonchev–Trinajstić information content (AvgIpc) is 2.46. The van der Waals surface area contributed by atoms with E-state index >= 15 is 0 Å². The van der Waals surface area contributed by atoms with Crippen LogP contribution in [0.3, 0.4) is 0 Å². The van der Waals surface area contributed by atoms with E-state index in [2.05, 4.69) is 10.3 Å². The predicted molar refractivity (Wildman–Crippen MR) is 68.4 cm³/mol. The van der Waals surface area contributed by atoms with Gasteiger partial charge in [0.2, 0.25) is 0 Å².